The first-order valence-corrected chi connectivity index (χ1v) is 5.83. The van der Waals surface area contributed by atoms with Crippen molar-refractivity contribution in [2.24, 2.45) is 5.92 Å². The van der Waals surface area contributed by atoms with Crippen LogP contribution in [0.15, 0.2) is 18.2 Å². The molecule has 0 unspecified atom stereocenters. The van der Waals surface area contributed by atoms with Gasteiger partial charge in [-0.2, -0.15) is 0 Å². The zero-order valence-corrected chi connectivity index (χ0v) is 10.3. The number of carboxylic acids is 1. The molecule has 1 heterocycles. The van der Waals surface area contributed by atoms with Gasteiger partial charge in [0.25, 0.3) is 11.6 Å². The Bertz CT molecular complexity index is 583. The van der Waals surface area contributed by atoms with Crippen LogP contribution < -0.4 is 0 Å². The molecule has 1 amide bonds. The summed E-state index contributed by atoms with van der Waals surface area (Å²) in [5.41, 5.74) is -0.596. The Morgan fingerprint density at radius 3 is 2.60 bits per heavy atom. The number of nitrogens with zero attached hydrogens (tertiary/aromatic N) is 2. The van der Waals surface area contributed by atoms with Gasteiger partial charge in [-0.1, -0.05) is 0 Å². The number of carbonyl (C=O) groups is 2. The number of halogens is 1. The Balaban J connectivity index is 2.07. The number of non-ortho nitro benzene ring substituents is 1. The van der Waals surface area contributed by atoms with Gasteiger partial charge < -0.3 is 10.0 Å². The first-order valence-electron chi connectivity index (χ1n) is 5.83. The van der Waals surface area contributed by atoms with E-state index in [0.717, 1.165) is 18.2 Å². The molecule has 1 saturated heterocycles. The fourth-order valence-electron chi connectivity index (χ4n) is 2.10. The molecule has 0 atom stereocenters. The SMILES string of the molecule is O=C(O)CC1CN(C(=O)c2cc(F)cc([N+](=O)[O-])c2)C1. The second-order valence-corrected chi connectivity index (χ2v) is 4.63. The average Bonchev–Trinajstić information content (AvgIpc) is 2.31. The highest BCUT2D eigenvalue weighted by molar-refractivity contribution is 5.95. The van der Waals surface area contributed by atoms with Crippen molar-refractivity contribution in [3.8, 4) is 0 Å². The topological polar surface area (TPSA) is 101 Å². The Labute approximate surface area is 112 Å². The maximum atomic E-state index is 13.2. The van der Waals surface area contributed by atoms with Gasteiger partial charge in [0.05, 0.1) is 17.4 Å². The molecule has 20 heavy (non-hydrogen) atoms. The van der Waals surface area contributed by atoms with E-state index in [1.165, 1.54) is 4.90 Å². The van der Waals surface area contributed by atoms with Crippen LogP contribution in [0.4, 0.5) is 10.1 Å². The van der Waals surface area contributed by atoms with E-state index in [4.69, 9.17) is 5.11 Å². The summed E-state index contributed by atoms with van der Waals surface area (Å²) < 4.78 is 13.2. The molecule has 1 N–H and O–H groups in total. The predicted molar refractivity (Wildman–Crippen MR) is 64.7 cm³/mol. The van der Waals surface area contributed by atoms with Gasteiger partial charge in [0.15, 0.2) is 0 Å². The van der Waals surface area contributed by atoms with E-state index in [9.17, 15) is 24.1 Å². The van der Waals surface area contributed by atoms with Crippen molar-refractivity contribution < 1.29 is 24.0 Å². The van der Waals surface area contributed by atoms with E-state index >= 15 is 0 Å². The normalized spacial score (nSPS) is 14.8. The highest BCUT2D eigenvalue weighted by atomic mass is 19.1. The molecule has 1 aliphatic rings. The Morgan fingerprint density at radius 1 is 1.40 bits per heavy atom. The second-order valence-electron chi connectivity index (χ2n) is 4.63. The summed E-state index contributed by atoms with van der Waals surface area (Å²) >= 11 is 0. The smallest absolute Gasteiger partial charge is 0.303 e. The lowest BCUT2D eigenvalue weighted by Gasteiger charge is -2.38. The molecule has 0 aliphatic carbocycles. The van der Waals surface area contributed by atoms with E-state index in [0.29, 0.717) is 0 Å². The van der Waals surface area contributed by atoms with Crippen molar-refractivity contribution in [3.05, 3.63) is 39.7 Å². The number of rotatable bonds is 4. The fourth-order valence-corrected chi connectivity index (χ4v) is 2.10. The lowest BCUT2D eigenvalue weighted by Crippen LogP contribution is -2.50. The van der Waals surface area contributed by atoms with Crippen LogP contribution in [0, 0.1) is 21.8 Å². The molecule has 8 heteroatoms. The number of likely N-dealkylation sites (tertiary alicyclic amines) is 1. The van der Waals surface area contributed by atoms with Crippen LogP contribution in [0.25, 0.3) is 0 Å². The number of hydrogen-bond donors (Lipinski definition) is 1. The molecule has 0 spiro atoms. The third kappa shape index (κ3) is 2.90. The van der Waals surface area contributed by atoms with Gasteiger partial charge in [-0.15, -0.1) is 0 Å². The van der Waals surface area contributed by atoms with Gasteiger partial charge in [0.2, 0.25) is 0 Å². The monoisotopic (exact) mass is 282 g/mol. The van der Waals surface area contributed by atoms with Crippen LogP contribution in [0.3, 0.4) is 0 Å². The molecule has 1 aliphatic heterocycles. The van der Waals surface area contributed by atoms with E-state index in [-0.39, 0.29) is 31.0 Å². The van der Waals surface area contributed by atoms with Gasteiger partial charge in [0.1, 0.15) is 5.82 Å². The Hall–Kier alpha value is -2.51. The van der Waals surface area contributed by atoms with Crippen molar-refractivity contribution in [3.63, 3.8) is 0 Å². The molecule has 1 aromatic carbocycles. The number of aliphatic carboxylic acids is 1. The molecule has 1 aromatic rings. The lowest BCUT2D eigenvalue weighted by atomic mass is 9.95. The minimum absolute atomic E-state index is 0.0346. The van der Waals surface area contributed by atoms with E-state index in [2.05, 4.69) is 0 Å². The maximum Gasteiger partial charge on any atom is 0.303 e. The first-order chi connectivity index (χ1) is 9.36. The van der Waals surface area contributed by atoms with Crippen molar-refractivity contribution in [1.82, 2.24) is 4.90 Å². The van der Waals surface area contributed by atoms with Gasteiger partial charge in [-0.05, 0) is 6.07 Å². The minimum Gasteiger partial charge on any atom is -0.481 e. The zero-order valence-electron chi connectivity index (χ0n) is 10.3. The fraction of sp³-hybridized carbons (Fsp3) is 0.333. The largest absolute Gasteiger partial charge is 0.481 e. The van der Waals surface area contributed by atoms with E-state index < -0.39 is 28.3 Å². The highest BCUT2D eigenvalue weighted by Gasteiger charge is 2.33. The lowest BCUT2D eigenvalue weighted by molar-refractivity contribution is -0.385. The quantitative estimate of drug-likeness (QED) is 0.662. The average molecular weight is 282 g/mol. The van der Waals surface area contributed by atoms with Crippen LogP contribution >= 0.6 is 0 Å². The standard InChI is InChI=1S/C12H11FN2O5/c13-9-2-8(3-10(4-9)15(19)20)12(18)14-5-7(6-14)1-11(16)17/h2-4,7H,1,5-6H2,(H,16,17). The predicted octanol–water partition coefficient (Wildman–Crippen LogP) is 1.28. The number of carbonyl (C=O) groups excluding carboxylic acids is 1. The molecule has 0 aromatic heterocycles. The maximum absolute atomic E-state index is 13.2. The number of hydrogen-bond acceptors (Lipinski definition) is 4. The molecule has 0 saturated carbocycles. The van der Waals surface area contributed by atoms with Crippen LogP contribution in [-0.2, 0) is 4.79 Å². The summed E-state index contributed by atoms with van der Waals surface area (Å²) in [6, 6.07) is 2.68. The summed E-state index contributed by atoms with van der Waals surface area (Å²) in [6.07, 6.45) is -0.0346. The molecule has 1 fully saturated rings. The molecular weight excluding hydrogens is 271 g/mol. The second kappa shape index (κ2) is 5.24. The minimum atomic E-state index is -0.941. The molecule has 2 rings (SSSR count). The summed E-state index contributed by atoms with van der Waals surface area (Å²) in [6.45, 7) is 0.519. The molecule has 7 nitrogen and oxygen atoms in total. The summed E-state index contributed by atoms with van der Waals surface area (Å²) in [4.78, 5) is 33.6. The first kappa shape index (κ1) is 13.9. The third-order valence-electron chi connectivity index (χ3n) is 3.05. The van der Waals surface area contributed by atoms with Crippen LogP contribution in [0.5, 0.6) is 0 Å². The van der Waals surface area contributed by atoms with Crippen molar-refractivity contribution in [2.75, 3.05) is 13.1 Å². The molecule has 0 bridgehead atoms. The molecule has 0 radical (unpaired) electrons. The summed E-state index contributed by atoms with van der Waals surface area (Å²) in [7, 11) is 0. The number of carboxylic acid groups (broad SMARTS) is 1. The third-order valence-corrected chi connectivity index (χ3v) is 3.05. The van der Waals surface area contributed by atoms with Gasteiger partial charge in [0, 0.05) is 30.6 Å². The van der Waals surface area contributed by atoms with Crippen molar-refractivity contribution in [1.29, 1.82) is 0 Å². The van der Waals surface area contributed by atoms with E-state index in [1.54, 1.807) is 0 Å². The Kier molecular flexibility index (Phi) is 3.64. The highest BCUT2D eigenvalue weighted by Crippen LogP contribution is 2.23. The van der Waals surface area contributed by atoms with Gasteiger partial charge in [-0.25, -0.2) is 4.39 Å². The summed E-state index contributed by atoms with van der Waals surface area (Å²) in [5.74, 6) is -2.46. The van der Waals surface area contributed by atoms with Crippen LogP contribution in [0.2, 0.25) is 0 Å². The van der Waals surface area contributed by atoms with Crippen molar-refractivity contribution >= 4 is 17.6 Å². The van der Waals surface area contributed by atoms with Crippen LogP contribution in [-0.4, -0.2) is 39.9 Å². The van der Waals surface area contributed by atoms with E-state index in [1.807, 2.05) is 0 Å². The van der Waals surface area contributed by atoms with Crippen LogP contribution in [0.1, 0.15) is 16.8 Å². The number of amides is 1. The van der Waals surface area contributed by atoms with Gasteiger partial charge >= 0.3 is 5.97 Å². The van der Waals surface area contributed by atoms with Crippen molar-refractivity contribution in [2.45, 2.75) is 6.42 Å². The molecule has 106 valence electrons. The molecular formula is C12H11FN2O5. The number of nitro groups is 1. The number of benzene rings is 1. The zero-order chi connectivity index (χ0) is 14.9. The Morgan fingerprint density at radius 2 is 2.05 bits per heavy atom. The van der Waals surface area contributed by atoms with Gasteiger partial charge in [-0.3, -0.25) is 19.7 Å². The number of nitro benzene ring substituents is 1. The summed E-state index contributed by atoms with van der Waals surface area (Å²) in [5, 5.41) is 19.2.